The highest BCUT2D eigenvalue weighted by Gasteiger charge is 2.44. The molecule has 1 heterocycles. The lowest BCUT2D eigenvalue weighted by Gasteiger charge is -2.30. The molecule has 0 bridgehead atoms. The summed E-state index contributed by atoms with van der Waals surface area (Å²) in [7, 11) is 0. The number of rotatable bonds is 4. The van der Waals surface area contributed by atoms with Crippen LogP contribution in [0.5, 0.6) is 0 Å². The molecule has 3 nitrogen and oxygen atoms in total. The van der Waals surface area contributed by atoms with Crippen molar-refractivity contribution >= 4 is 5.97 Å². The van der Waals surface area contributed by atoms with Gasteiger partial charge in [0.25, 0.3) is 0 Å². The van der Waals surface area contributed by atoms with Gasteiger partial charge in [-0.1, -0.05) is 51.1 Å². The van der Waals surface area contributed by atoms with Gasteiger partial charge in [0, 0.05) is 19.1 Å². The highest BCUT2D eigenvalue weighted by molar-refractivity contribution is 5.71. The van der Waals surface area contributed by atoms with Crippen LogP contribution in [-0.2, 0) is 11.3 Å². The molecule has 3 unspecified atom stereocenters. The first-order valence-electron chi connectivity index (χ1n) is 7.01. The molecule has 0 spiro atoms. The maximum absolute atomic E-state index is 11.5. The minimum Gasteiger partial charge on any atom is -0.481 e. The SMILES string of the molecule is CC(C)C1C(C(=O)O)C(C)CN1Cc1ccccc1. The van der Waals surface area contributed by atoms with Crippen LogP contribution < -0.4 is 0 Å². The summed E-state index contributed by atoms with van der Waals surface area (Å²) in [4.78, 5) is 13.8. The van der Waals surface area contributed by atoms with Gasteiger partial charge in [-0.05, 0) is 17.4 Å². The molecule has 1 aliphatic rings. The number of hydrogen-bond acceptors (Lipinski definition) is 2. The van der Waals surface area contributed by atoms with E-state index in [9.17, 15) is 9.90 Å². The Hall–Kier alpha value is -1.35. The molecule has 0 aromatic heterocycles. The lowest BCUT2D eigenvalue weighted by Crippen LogP contribution is -2.39. The van der Waals surface area contributed by atoms with E-state index >= 15 is 0 Å². The predicted octanol–water partition coefficient (Wildman–Crippen LogP) is 2.86. The third kappa shape index (κ3) is 2.98. The number of likely N-dealkylation sites (tertiary alicyclic amines) is 1. The molecule has 1 aromatic rings. The van der Waals surface area contributed by atoms with Crippen LogP contribution in [0.3, 0.4) is 0 Å². The summed E-state index contributed by atoms with van der Waals surface area (Å²) in [5.41, 5.74) is 1.26. The van der Waals surface area contributed by atoms with Gasteiger partial charge in [-0.15, -0.1) is 0 Å². The molecule has 0 radical (unpaired) electrons. The second-order valence-corrected chi connectivity index (χ2v) is 5.99. The molecule has 3 heteroatoms. The highest BCUT2D eigenvalue weighted by Crippen LogP contribution is 2.35. The topological polar surface area (TPSA) is 40.5 Å². The van der Waals surface area contributed by atoms with E-state index in [0.717, 1.165) is 13.1 Å². The largest absolute Gasteiger partial charge is 0.481 e. The molecule has 0 amide bonds. The van der Waals surface area contributed by atoms with Crippen LogP contribution in [-0.4, -0.2) is 28.6 Å². The van der Waals surface area contributed by atoms with Gasteiger partial charge in [-0.2, -0.15) is 0 Å². The molecule has 1 saturated heterocycles. The zero-order valence-corrected chi connectivity index (χ0v) is 11.9. The van der Waals surface area contributed by atoms with Crippen LogP contribution in [0.25, 0.3) is 0 Å². The molecule has 1 aliphatic heterocycles. The van der Waals surface area contributed by atoms with Gasteiger partial charge < -0.3 is 5.11 Å². The fraction of sp³-hybridized carbons (Fsp3) is 0.562. The van der Waals surface area contributed by atoms with Gasteiger partial charge in [-0.3, -0.25) is 9.69 Å². The normalized spacial score (nSPS) is 27.9. The maximum Gasteiger partial charge on any atom is 0.308 e. The molecule has 19 heavy (non-hydrogen) atoms. The molecule has 0 saturated carbocycles. The Kier molecular flexibility index (Phi) is 4.25. The number of carboxylic acids is 1. The van der Waals surface area contributed by atoms with Crippen LogP contribution in [0.4, 0.5) is 0 Å². The Labute approximate surface area is 115 Å². The van der Waals surface area contributed by atoms with Crippen LogP contribution in [0.15, 0.2) is 30.3 Å². The smallest absolute Gasteiger partial charge is 0.308 e. The minimum absolute atomic E-state index is 0.132. The third-order valence-electron chi connectivity index (χ3n) is 4.12. The molecule has 104 valence electrons. The van der Waals surface area contributed by atoms with Crippen molar-refractivity contribution in [1.82, 2.24) is 4.90 Å². The second-order valence-electron chi connectivity index (χ2n) is 5.99. The summed E-state index contributed by atoms with van der Waals surface area (Å²) in [6, 6.07) is 10.4. The fourth-order valence-corrected chi connectivity index (χ4v) is 3.38. The number of carboxylic acid groups (broad SMARTS) is 1. The van der Waals surface area contributed by atoms with Crippen LogP contribution in [0, 0.1) is 17.8 Å². The van der Waals surface area contributed by atoms with E-state index in [4.69, 9.17) is 0 Å². The standard InChI is InChI=1S/C16H23NO2/c1-11(2)15-14(16(18)19)12(3)9-17(15)10-13-7-5-4-6-8-13/h4-8,11-12,14-15H,9-10H2,1-3H3,(H,18,19). The quantitative estimate of drug-likeness (QED) is 0.906. The van der Waals surface area contributed by atoms with Gasteiger partial charge in [0.15, 0.2) is 0 Å². The van der Waals surface area contributed by atoms with Crippen molar-refractivity contribution in [2.75, 3.05) is 6.54 Å². The first-order chi connectivity index (χ1) is 9.00. The molecule has 1 aromatic carbocycles. The van der Waals surface area contributed by atoms with E-state index in [1.54, 1.807) is 0 Å². The van der Waals surface area contributed by atoms with Gasteiger partial charge in [-0.25, -0.2) is 0 Å². The van der Waals surface area contributed by atoms with E-state index in [-0.39, 0.29) is 17.9 Å². The number of nitrogens with zero attached hydrogens (tertiary/aromatic N) is 1. The molecule has 1 fully saturated rings. The summed E-state index contributed by atoms with van der Waals surface area (Å²) in [5.74, 6) is -0.325. The van der Waals surface area contributed by atoms with E-state index in [0.29, 0.717) is 5.92 Å². The number of aliphatic carboxylic acids is 1. The Morgan fingerprint density at radius 3 is 2.53 bits per heavy atom. The predicted molar refractivity (Wildman–Crippen MR) is 75.8 cm³/mol. The van der Waals surface area contributed by atoms with Crippen molar-refractivity contribution in [3.63, 3.8) is 0 Å². The monoisotopic (exact) mass is 261 g/mol. The lowest BCUT2D eigenvalue weighted by molar-refractivity contribution is -0.144. The van der Waals surface area contributed by atoms with Crippen LogP contribution >= 0.6 is 0 Å². The number of benzene rings is 1. The van der Waals surface area contributed by atoms with Crippen molar-refractivity contribution in [2.45, 2.75) is 33.4 Å². The van der Waals surface area contributed by atoms with Crippen molar-refractivity contribution in [1.29, 1.82) is 0 Å². The summed E-state index contributed by atoms with van der Waals surface area (Å²) in [6.45, 7) is 8.01. The number of hydrogen-bond donors (Lipinski definition) is 1. The van der Waals surface area contributed by atoms with Gasteiger partial charge in [0.1, 0.15) is 0 Å². The summed E-state index contributed by atoms with van der Waals surface area (Å²) in [5, 5.41) is 9.46. The zero-order chi connectivity index (χ0) is 14.0. The van der Waals surface area contributed by atoms with Crippen molar-refractivity contribution < 1.29 is 9.90 Å². The Morgan fingerprint density at radius 1 is 1.37 bits per heavy atom. The number of carbonyl (C=O) groups is 1. The minimum atomic E-state index is -0.651. The fourth-order valence-electron chi connectivity index (χ4n) is 3.38. The first-order valence-corrected chi connectivity index (χ1v) is 7.01. The third-order valence-corrected chi connectivity index (χ3v) is 4.12. The lowest BCUT2D eigenvalue weighted by atomic mass is 9.86. The first kappa shape index (κ1) is 14.1. The molecular weight excluding hydrogens is 238 g/mol. The Balaban J connectivity index is 2.18. The Bertz CT molecular complexity index is 430. The van der Waals surface area contributed by atoms with Crippen LogP contribution in [0.1, 0.15) is 26.3 Å². The molecule has 0 aliphatic carbocycles. The zero-order valence-electron chi connectivity index (χ0n) is 11.9. The molecule has 1 N–H and O–H groups in total. The van der Waals surface area contributed by atoms with Gasteiger partial charge >= 0.3 is 5.97 Å². The Morgan fingerprint density at radius 2 is 2.00 bits per heavy atom. The molecule has 2 rings (SSSR count). The van der Waals surface area contributed by atoms with E-state index in [1.165, 1.54) is 5.56 Å². The average molecular weight is 261 g/mol. The summed E-state index contributed by atoms with van der Waals surface area (Å²) >= 11 is 0. The average Bonchev–Trinajstić information content (AvgIpc) is 2.67. The van der Waals surface area contributed by atoms with Crippen LogP contribution in [0.2, 0.25) is 0 Å². The van der Waals surface area contributed by atoms with Crippen molar-refractivity contribution in [2.24, 2.45) is 17.8 Å². The highest BCUT2D eigenvalue weighted by atomic mass is 16.4. The van der Waals surface area contributed by atoms with E-state index < -0.39 is 5.97 Å². The molecular formula is C16H23NO2. The summed E-state index contributed by atoms with van der Waals surface area (Å²) in [6.07, 6.45) is 0. The second kappa shape index (κ2) is 5.74. The van der Waals surface area contributed by atoms with E-state index in [2.05, 4.69) is 37.8 Å². The van der Waals surface area contributed by atoms with E-state index in [1.807, 2.05) is 18.2 Å². The molecule has 3 atom stereocenters. The van der Waals surface area contributed by atoms with Gasteiger partial charge in [0.05, 0.1) is 5.92 Å². The van der Waals surface area contributed by atoms with Crippen molar-refractivity contribution in [3.8, 4) is 0 Å². The van der Waals surface area contributed by atoms with Gasteiger partial charge in [0.2, 0.25) is 0 Å². The maximum atomic E-state index is 11.5. The van der Waals surface area contributed by atoms with Crippen molar-refractivity contribution in [3.05, 3.63) is 35.9 Å². The summed E-state index contributed by atoms with van der Waals surface area (Å²) < 4.78 is 0.